The largest absolute Gasteiger partial charge is 0.469 e. The number of carbonyl (C=O) groups excluding carboxylic acids is 1. The van der Waals surface area contributed by atoms with E-state index in [1.165, 1.54) is 7.11 Å². The maximum atomic E-state index is 11.4. The Morgan fingerprint density at radius 1 is 1.37 bits per heavy atom. The molecule has 1 fully saturated rings. The number of nitrogens with zero attached hydrogens (tertiary/aromatic N) is 1. The van der Waals surface area contributed by atoms with E-state index in [0.29, 0.717) is 5.03 Å². The van der Waals surface area contributed by atoms with Crippen LogP contribution in [0.3, 0.4) is 0 Å². The first-order valence-corrected chi connectivity index (χ1v) is 6.97. The third-order valence-electron chi connectivity index (χ3n) is 2.91. The first-order chi connectivity index (χ1) is 9.08. The number of piperidine rings is 1. The van der Waals surface area contributed by atoms with Gasteiger partial charge in [0.1, 0.15) is 0 Å². The molecule has 0 saturated carbocycles. The molecule has 0 N–H and O–H groups in total. The minimum atomic E-state index is -0.115. The van der Waals surface area contributed by atoms with Crippen LogP contribution in [0.15, 0.2) is 36.0 Å². The fourth-order valence-corrected chi connectivity index (χ4v) is 2.09. The minimum absolute atomic E-state index is 0.0153. The first-order valence-electron chi connectivity index (χ1n) is 6.59. The van der Waals surface area contributed by atoms with Gasteiger partial charge in [0.2, 0.25) is 0 Å². The monoisotopic (exact) mass is 285 g/mol. The van der Waals surface area contributed by atoms with Gasteiger partial charge in [-0.25, -0.2) is 0 Å². The van der Waals surface area contributed by atoms with Crippen molar-refractivity contribution in [3.63, 3.8) is 0 Å². The smallest absolute Gasteiger partial charge is 0.308 e. The van der Waals surface area contributed by atoms with Crippen LogP contribution < -0.4 is 0 Å². The summed E-state index contributed by atoms with van der Waals surface area (Å²) in [6.07, 6.45) is 5.14. The summed E-state index contributed by atoms with van der Waals surface area (Å²) in [6.45, 7) is 13.0. The summed E-state index contributed by atoms with van der Waals surface area (Å²) in [5.41, 5.74) is 0.952. The lowest BCUT2D eigenvalue weighted by Gasteiger charge is -2.33. The normalized spacial score (nSPS) is 16.2. The van der Waals surface area contributed by atoms with Crippen molar-refractivity contribution in [1.82, 2.24) is 4.90 Å². The lowest BCUT2D eigenvalue weighted by molar-refractivity contribution is -0.146. The molecule has 108 valence electrons. The minimum Gasteiger partial charge on any atom is -0.469 e. The summed E-state index contributed by atoms with van der Waals surface area (Å²) < 4.78 is 4.75. The van der Waals surface area contributed by atoms with Gasteiger partial charge in [0.25, 0.3) is 0 Å². The second kappa shape index (κ2) is 9.68. The number of hydrogen-bond acceptors (Lipinski definition) is 3. The SMILES string of the molecule is C=C/C(=C\C(=C)Cl)N1CCC(C(=O)OC)CC1.CC. The van der Waals surface area contributed by atoms with Crippen LogP contribution in [-0.2, 0) is 9.53 Å². The zero-order valence-corrected chi connectivity index (χ0v) is 12.9. The topological polar surface area (TPSA) is 29.5 Å². The number of allylic oxidation sites excluding steroid dienone is 3. The van der Waals surface area contributed by atoms with Gasteiger partial charge in [-0.15, -0.1) is 0 Å². The van der Waals surface area contributed by atoms with Crippen LogP contribution in [0, 0.1) is 5.92 Å². The maximum Gasteiger partial charge on any atom is 0.308 e. The molecular formula is C15H24ClNO2. The van der Waals surface area contributed by atoms with Crippen molar-refractivity contribution in [1.29, 1.82) is 0 Å². The fourth-order valence-electron chi connectivity index (χ4n) is 1.98. The molecule has 0 amide bonds. The second-order valence-electron chi connectivity index (χ2n) is 4.00. The molecule has 19 heavy (non-hydrogen) atoms. The van der Waals surface area contributed by atoms with Crippen LogP contribution in [0.4, 0.5) is 0 Å². The summed E-state index contributed by atoms with van der Waals surface area (Å²) in [7, 11) is 1.43. The van der Waals surface area contributed by atoms with Crippen molar-refractivity contribution in [3.05, 3.63) is 36.0 Å². The summed E-state index contributed by atoms with van der Waals surface area (Å²) in [5.74, 6) is -0.0999. The van der Waals surface area contributed by atoms with Gasteiger partial charge < -0.3 is 9.64 Å². The van der Waals surface area contributed by atoms with E-state index in [9.17, 15) is 4.79 Å². The van der Waals surface area contributed by atoms with Gasteiger partial charge in [0.15, 0.2) is 0 Å². The summed E-state index contributed by atoms with van der Waals surface area (Å²) >= 11 is 5.75. The highest BCUT2D eigenvalue weighted by atomic mass is 35.5. The zero-order chi connectivity index (χ0) is 14.8. The van der Waals surface area contributed by atoms with E-state index in [-0.39, 0.29) is 11.9 Å². The predicted molar refractivity (Wildman–Crippen MR) is 80.9 cm³/mol. The Morgan fingerprint density at radius 3 is 2.26 bits per heavy atom. The number of ether oxygens (including phenoxy) is 1. The van der Waals surface area contributed by atoms with Gasteiger partial charge >= 0.3 is 5.97 Å². The number of hydrogen-bond donors (Lipinski definition) is 0. The Balaban J connectivity index is 0.00000154. The third kappa shape index (κ3) is 5.97. The Morgan fingerprint density at radius 2 is 1.89 bits per heavy atom. The molecule has 0 bridgehead atoms. The molecule has 0 atom stereocenters. The zero-order valence-electron chi connectivity index (χ0n) is 12.1. The van der Waals surface area contributed by atoms with Gasteiger partial charge in [-0.05, 0) is 25.0 Å². The van der Waals surface area contributed by atoms with Crippen LogP contribution in [0.5, 0.6) is 0 Å². The molecule has 0 unspecified atom stereocenters. The number of methoxy groups -OCH3 is 1. The number of carbonyl (C=O) groups is 1. The Bertz CT molecular complexity index is 342. The number of likely N-dealkylation sites (tertiary alicyclic amines) is 1. The third-order valence-corrected chi connectivity index (χ3v) is 3.02. The van der Waals surface area contributed by atoms with Gasteiger partial charge in [-0.3, -0.25) is 4.79 Å². The summed E-state index contributed by atoms with van der Waals surface area (Å²) in [4.78, 5) is 13.5. The fraction of sp³-hybridized carbons (Fsp3) is 0.533. The Kier molecular flexibility index (Phi) is 9.06. The molecule has 0 radical (unpaired) electrons. The van der Waals surface area contributed by atoms with Crippen molar-refractivity contribution in [3.8, 4) is 0 Å². The first kappa shape index (κ1) is 17.8. The lowest BCUT2D eigenvalue weighted by Crippen LogP contribution is -2.35. The maximum absolute atomic E-state index is 11.4. The predicted octanol–water partition coefficient (Wildman–Crippen LogP) is 3.72. The molecule has 1 saturated heterocycles. The highest BCUT2D eigenvalue weighted by Crippen LogP contribution is 2.22. The highest BCUT2D eigenvalue weighted by Gasteiger charge is 2.25. The van der Waals surface area contributed by atoms with Crippen LogP contribution in [0.1, 0.15) is 26.7 Å². The number of esters is 1. The molecule has 0 aliphatic carbocycles. The lowest BCUT2D eigenvalue weighted by atomic mass is 9.96. The van der Waals surface area contributed by atoms with Crippen LogP contribution in [0.25, 0.3) is 0 Å². The quantitative estimate of drug-likeness (QED) is 0.582. The van der Waals surface area contributed by atoms with E-state index in [0.717, 1.165) is 31.6 Å². The van der Waals surface area contributed by atoms with E-state index in [1.807, 2.05) is 13.8 Å². The Hall–Kier alpha value is -1.22. The van der Waals surface area contributed by atoms with Crippen molar-refractivity contribution in [2.24, 2.45) is 5.92 Å². The molecule has 0 spiro atoms. The van der Waals surface area contributed by atoms with Crippen molar-refractivity contribution < 1.29 is 9.53 Å². The molecule has 0 aromatic carbocycles. The molecule has 3 nitrogen and oxygen atoms in total. The van der Waals surface area contributed by atoms with Gasteiger partial charge in [0, 0.05) is 23.8 Å². The molecule has 0 aromatic rings. The summed E-state index contributed by atoms with van der Waals surface area (Å²) in [5, 5.41) is 0.481. The average molecular weight is 286 g/mol. The molecule has 1 aliphatic heterocycles. The number of halogens is 1. The van der Waals surface area contributed by atoms with E-state index in [1.54, 1.807) is 12.2 Å². The van der Waals surface area contributed by atoms with Crippen LogP contribution >= 0.6 is 11.6 Å². The number of rotatable bonds is 4. The standard InChI is InChI=1S/C13H18ClNO2.C2H6/c1-4-12(9-10(2)14)15-7-5-11(6-8-15)13(16)17-3;1-2/h4,9,11H,1-2,5-8H2,3H3;1-2H3/b12-9+;. The summed E-state index contributed by atoms with van der Waals surface area (Å²) in [6, 6.07) is 0. The Labute approximate surface area is 121 Å². The molecule has 0 aromatic heterocycles. The molecule has 1 heterocycles. The van der Waals surface area contributed by atoms with Gasteiger partial charge in [-0.1, -0.05) is 38.6 Å². The molecule has 1 rings (SSSR count). The van der Waals surface area contributed by atoms with Crippen LogP contribution in [0.2, 0.25) is 0 Å². The van der Waals surface area contributed by atoms with E-state index >= 15 is 0 Å². The van der Waals surface area contributed by atoms with Crippen molar-refractivity contribution in [2.75, 3.05) is 20.2 Å². The van der Waals surface area contributed by atoms with Crippen LogP contribution in [-0.4, -0.2) is 31.1 Å². The highest BCUT2D eigenvalue weighted by molar-refractivity contribution is 6.30. The second-order valence-corrected chi connectivity index (χ2v) is 4.49. The van der Waals surface area contributed by atoms with Gasteiger partial charge in [-0.2, -0.15) is 0 Å². The van der Waals surface area contributed by atoms with Gasteiger partial charge in [0.05, 0.1) is 13.0 Å². The molecule has 4 heteroatoms. The van der Waals surface area contributed by atoms with E-state index in [2.05, 4.69) is 18.1 Å². The average Bonchev–Trinajstić information content (AvgIpc) is 2.46. The molecular weight excluding hydrogens is 262 g/mol. The van der Waals surface area contributed by atoms with Crippen molar-refractivity contribution in [2.45, 2.75) is 26.7 Å². The van der Waals surface area contributed by atoms with E-state index < -0.39 is 0 Å². The van der Waals surface area contributed by atoms with Crippen molar-refractivity contribution >= 4 is 17.6 Å². The van der Waals surface area contributed by atoms with E-state index in [4.69, 9.17) is 16.3 Å². The molecule has 1 aliphatic rings.